The van der Waals surface area contributed by atoms with Crippen molar-refractivity contribution in [1.29, 1.82) is 0 Å². The minimum Gasteiger partial charge on any atom is -0.550 e. The number of nitrogens with one attached hydrogen (secondary N) is 1. The van der Waals surface area contributed by atoms with Gasteiger partial charge in [0.2, 0.25) is 0 Å². The van der Waals surface area contributed by atoms with Crippen LogP contribution in [0.15, 0.2) is 33.8 Å². The maximum absolute atomic E-state index is 12.7. The molecule has 0 unspecified atom stereocenters. The van der Waals surface area contributed by atoms with E-state index in [0.29, 0.717) is 34.9 Å². The summed E-state index contributed by atoms with van der Waals surface area (Å²) in [6, 6.07) is 3.63. The normalized spacial score (nSPS) is 12.1. The third-order valence-electron chi connectivity index (χ3n) is 3.80. The molecule has 8 nitrogen and oxygen atoms in total. The molecule has 0 aliphatic rings. The van der Waals surface area contributed by atoms with Gasteiger partial charge in [-0.1, -0.05) is 0 Å². The van der Waals surface area contributed by atoms with Crippen LogP contribution < -0.4 is 10.5 Å². The number of carboxylic acid groups (broad SMARTS) is 1. The Morgan fingerprint density at radius 2 is 2.00 bits per heavy atom. The smallest absolute Gasteiger partial charge is 0.416 e. The van der Waals surface area contributed by atoms with Gasteiger partial charge in [-0.25, -0.2) is 0 Å². The highest BCUT2D eigenvalue weighted by Crippen LogP contribution is 2.35. The lowest BCUT2D eigenvalue weighted by molar-refractivity contribution is -0.384. The molecule has 0 fully saturated rings. The van der Waals surface area contributed by atoms with Gasteiger partial charge in [-0.05, 0) is 38.5 Å². The molecule has 28 heavy (non-hydrogen) atoms. The van der Waals surface area contributed by atoms with E-state index < -0.39 is 28.3 Å². The van der Waals surface area contributed by atoms with Crippen molar-refractivity contribution < 1.29 is 32.4 Å². The van der Waals surface area contributed by atoms with Crippen molar-refractivity contribution in [2.24, 2.45) is 5.10 Å². The number of anilines is 1. The van der Waals surface area contributed by atoms with Crippen LogP contribution in [0.3, 0.4) is 0 Å². The molecule has 0 amide bonds. The number of benzene rings is 1. The van der Waals surface area contributed by atoms with Gasteiger partial charge in [0.25, 0.3) is 5.69 Å². The first-order chi connectivity index (χ1) is 13.0. The third-order valence-corrected chi connectivity index (χ3v) is 3.80. The number of nitrogens with zero attached hydrogens (tertiary/aromatic N) is 2. The number of carbonyl (C=O) groups is 1. The number of aryl methyl sites for hydroxylation is 2. The number of hydrazone groups is 1. The molecule has 1 aromatic carbocycles. The van der Waals surface area contributed by atoms with Crippen LogP contribution in [-0.2, 0) is 17.4 Å². The average molecular weight is 398 g/mol. The fourth-order valence-corrected chi connectivity index (χ4v) is 2.41. The second-order valence-electron chi connectivity index (χ2n) is 5.85. The van der Waals surface area contributed by atoms with E-state index in [1.807, 2.05) is 0 Å². The van der Waals surface area contributed by atoms with Gasteiger partial charge in [-0.15, -0.1) is 0 Å². The van der Waals surface area contributed by atoms with Crippen molar-refractivity contribution in [3.8, 4) is 0 Å². The van der Waals surface area contributed by atoms with Crippen LogP contribution in [-0.4, -0.2) is 16.6 Å². The lowest BCUT2D eigenvalue weighted by atomic mass is 10.1. The summed E-state index contributed by atoms with van der Waals surface area (Å²) < 4.78 is 43.6. The molecule has 11 heteroatoms. The second-order valence-corrected chi connectivity index (χ2v) is 5.85. The maximum atomic E-state index is 12.7. The fraction of sp³-hybridized carbons (Fsp3) is 0.294. The number of nitro benzene ring substituents is 1. The molecule has 0 aliphatic carbocycles. The van der Waals surface area contributed by atoms with Gasteiger partial charge in [0.1, 0.15) is 17.2 Å². The monoisotopic (exact) mass is 398 g/mol. The maximum Gasteiger partial charge on any atom is 0.416 e. The van der Waals surface area contributed by atoms with E-state index in [1.54, 1.807) is 19.9 Å². The Bertz CT molecular complexity index is 935. The Balaban J connectivity index is 2.25. The first-order valence-electron chi connectivity index (χ1n) is 7.94. The number of hydrogen-bond donors (Lipinski definition) is 1. The van der Waals surface area contributed by atoms with E-state index in [9.17, 15) is 33.2 Å². The second kappa shape index (κ2) is 8.11. The Labute approximate surface area is 156 Å². The largest absolute Gasteiger partial charge is 0.550 e. The molecular formula is C17H15F3N3O5-. The van der Waals surface area contributed by atoms with Gasteiger partial charge < -0.3 is 14.3 Å². The Hall–Kier alpha value is -3.37. The van der Waals surface area contributed by atoms with Crippen LogP contribution in [0.5, 0.6) is 0 Å². The predicted octanol–water partition coefficient (Wildman–Crippen LogP) is 3.03. The van der Waals surface area contributed by atoms with Gasteiger partial charge >= 0.3 is 6.18 Å². The molecule has 1 heterocycles. The van der Waals surface area contributed by atoms with Crippen molar-refractivity contribution >= 4 is 23.1 Å². The standard InChI is InChI=1S/C17H16F3N3O5/c1-9(13-8-12(28-10(13)2)4-6-16(24)25)21-22-14-5-3-11(17(18,19)20)7-15(14)23(26)27/h3,5,7-8,22H,4,6H2,1-2H3,(H,24,25)/p-1/b21-9-. The fourth-order valence-electron chi connectivity index (χ4n) is 2.41. The van der Waals surface area contributed by atoms with E-state index in [-0.39, 0.29) is 18.5 Å². The highest BCUT2D eigenvalue weighted by Gasteiger charge is 2.33. The number of alkyl halides is 3. The molecule has 150 valence electrons. The zero-order valence-electron chi connectivity index (χ0n) is 14.8. The van der Waals surface area contributed by atoms with Crippen LogP contribution in [0.4, 0.5) is 24.5 Å². The molecule has 0 bridgehead atoms. The van der Waals surface area contributed by atoms with Gasteiger partial charge in [0.05, 0.1) is 16.2 Å². The van der Waals surface area contributed by atoms with E-state index in [2.05, 4.69) is 10.5 Å². The van der Waals surface area contributed by atoms with Crippen LogP contribution in [0.25, 0.3) is 0 Å². The summed E-state index contributed by atoms with van der Waals surface area (Å²) in [4.78, 5) is 20.7. The summed E-state index contributed by atoms with van der Waals surface area (Å²) in [5, 5.41) is 25.6. The molecule has 0 saturated carbocycles. The number of rotatable bonds is 7. The number of hydrogen-bond acceptors (Lipinski definition) is 7. The highest BCUT2D eigenvalue weighted by atomic mass is 19.4. The molecule has 0 saturated heterocycles. The van der Waals surface area contributed by atoms with Crippen molar-refractivity contribution in [3.63, 3.8) is 0 Å². The number of nitro groups is 1. The van der Waals surface area contributed by atoms with E-state index in [0.717, 1.165) is 6.07 Å². The molecule has 0 aliphatic heterocycles. The minimum atomic E-state index is -4.71. The first-order valence-corrected chi connectivity index (χ1v) is 7.94. The molecule has 1 N–H and O–H groups in total. The lowest BCUT2D eigenvalue weighted by Gasteiger charge is -2.09. The molecule has 1 aromatic heterocycles. The third kappa shape index (κ3) is 5.09. The van der Waals surface area contributed by atoms with Crippen molar-refractivity contribution in [2.45, 2.75) is 32.9 Å². The zero-order valence-corrected chi connectivity index (χ0v) is 14.8. The molecular weight excluding hydrogens is 383 g/mol. The molecule has 2 rings (SSSR count). The SMILES string of the molecule is C/C(=N/Nc1ccc(C(F)(F)F)cc1[N+](=O)[O-])c1cc(CCC(=O)[O-])oc1C. The highest BCUT2D eigenvalue weighted by molar-refractivity contribution is 6.00. The predicted molar refractivity (Wildman–Crippen MR) is 90.7 cm³/mol. The minimum absolute atomic E-state index is 0.119. The quantitative estimate of drug-likeness (QED) is 0.435. The Morgan fingerprint density at radius 3 is 2.57 bits per heavy atom. The van der Waals surface area contributed by atoms with Crippen molar-refractivity contribution in [2.75, 3.05) is 5.43 Å². The van der Waals surface area contributed by atoms with E-state index in [4.69, 9.17) is 4.42 Å². The van der Waals surface area contributed by atoms with E-state index >= 15 is 0 Å². The topological polar surface area (TPSA) is 121 Å². The van der Waals surface area contributed by atoms with Crippen LogP contribution in [0.1, 0.15) is 36.0 Å². The lowest BCUT2D eigenvalue weighted by Crippen LogP contribution is -2.22. The van der Waals surface area contributed by atoms with Gasteiger partial charge in [-0.3, -0.25) is 15.5 Å². The number of aliphatic carboxylic acids is 1. The van der Waals surface area contributed by atoms with E-state index in [1.165, 1.54) is 0 Å². The summed E-state index contributed by atoms with van der Waals surface area (Å²) in [7, 11) is 0. The molecule has 2 aromatic rings. The summed E-state index contributed by atoms with van der Waals surface area (Å²) in [6.07, 6.45) is -4.81. The van der Waals surface area contributed by atoms with Crippen LogP contribution in [0, 0.1) is 17.0 Å². The van der Waals surface area contributed by atoms with Crippen LogP contribution >= 0.6 is 0 Å². The summed E-state index contributed by atoms with van der Waals surface area (Å²) in [6.45, 7) is 3.18. The summed E-state index contributed by atoms with van der Waals surface area (Å²) in [5.74, 6) is -0.387. The van der Waals surface area contributed by atoms with Gasteiger partial charge in [0, 0.05) is 24.0 Å². The number of furan rings is 1. The summed E-state index contributed by atoms with van der Waals surface area (Å²) in [5.41, 5.74) is 1.13. The Kier molecular flexibility index (Phi) is 6.06. The summed E-state index contributed by atoms with van der Waals surface area (Å²) >= 11 is 0. The zero-order chi connectivity index (χ0) is 21.1. The first kappa shape index (κ1) is 20.9. The van der Waals surface area contributed by atoms with Gasteiger partial charge in [-0.2, -0.15) is 18.3 Å². The molecule has 0 atom stereocenters. The average Bonchev–Trinajstić information content (AvgIpc) is 2.97. The molecule has 0 spiro atoms. The van der Waals surface area contributed by atoms with Crippen molar-refractivity contribution in [1.82, 2.24) is 0 Å². The van der Waals surface area contributed by atoms with Gasteiger partial charge in [0.15, 0.2) is 0 Å². The van der Waals surface area contributed by atoms with Crippen LogP contribution in [0.2, 0.25) is 0 Å². The number of carboxylic acids is 1. The number of carbonyl (C=O) groups excluding carboxylic acids is 1. The molecule has 0 radical (unpaired) electrons. The van der Waals surface area contributed by atoms with Crippen molar-refractivity contribution in [3.05, 3.63) is 57.0 Å². The number of halogens is 3. The Morgan fingerprint density at radius 1 is 1.32 bits per heavy atom.